The highest BCUT2D eigenvalue weighted by Crippen LogP contribution is 2.35. The van der Waals surface area contributed by atoms with Gasteiger partial charge in [-0.2, -0.15) is 5.10 Å². The zero-order valence-corrected chi connectivity index (χ0v) is 13.7. The number of aromatic nitrogens is 3. The fourth-order valence-electron chi connectivity index (χ4n) is 3.09. The highest BCUT2D eigenvalue weighted by molar-refractivity contribution is 6.30. The van der Waals surface area contributed by atoms with Gasteiger partial charge in [0.05, 0.1) is 35.8 Å². The molecule has 2 aliphatic rings. The van der Waals surface area contributed by atoms with Crippen LogP contribution in [-0.2, 0) is 9.47 Å². The summed E-state index contributed by atoms with van der Waals surface area (Å²) in [5.74, 6) is 0. The van der Waals surface area contributed by atoms with Crippen LogP contribution in [0.25, 0.3) is 0 Å². The molecule has 2 saturated heterocycles. The Morgan fingerprint density at radius 2 is 2.32 bits per heavy atom. The second-order valence-corrected chi connectivity index (χ2v) is 6.30. The number of nitrogens with zero attached hydrogens (tertiary/aromatic N) is 3. The number of pyridine rings is 1. The monoisotopic (exact) mass is 365 g/mol. The van der Waals surface area contributed by atoms with Crippen molar-refractivity contribution in [2.75, 3.05) is 11.9 Å². The van der Waals surface area contributed by atoms with E-state index in [2.05, 4.69) is 20.7 Å². The number of carbonyl (C=O) groups is 1. The van der Waals surface area contributed by atoms with Gasteiger partial charge in [-0.3, -0.25) is 9.67 Å². The SMILES string of the molecule is O=C(Nc1cccnc1)NC1C2COC(O2)C(n2cc(Cl)cn2)C1O. The second kappa shape index (κ2) is 6.60. The van der Waals surface area contributed by atoms with Crippen LogP contribution in [0.3, 0.4) is 0 Å². The first-order valence-electron chi connectivity index (χ1n) is 7.74. The lowest BCUT2D eigenvalue weighted by molar-refractivity contribution is -0.166. The van der Waals surface area contributed by atoms with Gasteiger partial charge < -0.3 is 25.2 Å². The average molecular weight is 366 g/mol. The van der Waals surface area contributed by atoms with Crippen LogP contribution < -0.4 is 10.6 Å². The molecule has 0 aromatic carbocycles. The van der Waals surface area contributed by atoms with Crippen LogP contribution in [0.5, 0.6) is 0 Å². The normalized spacial score (nSPS) is 30.9. The maximum atomic E-state index is 12.2. The molecule has 5 unspecified atom stereocenters. The summed E-state index contributed by atoms with van der Waals surface area (Å²) < 4.78 is 12.8. The van der Waals surface area contributed by atoms with Gasteiger partial charge in [0.1, 0.15) is 18.2 Å². The van der Waals surface area contributed by atoms with Crippen LogP contribution in [-0.4, -0.2) is 57.0 Å². The van der Waals surface area contributed by atoms with E-state index >= 15 is 0 Å². The van der Waals surface area contributed by atoms with Crippen LogP contribution in [0.2, 0.25) is 5.02 Å². The lowest BCUT2D eigenvalue weighted by atomic mass is 9.96. The van der Waals surface area contributed by atoms with E-state index in [-0.39, 0.29) is 6.61 Å². The van der Waals surface area contributed by atoms with Gasteiger partial charge in [0, 0.05) is 12.4 Å². The van der Waals surface area contributed by atoms with Crippen molar-refractivity contribution in [2.45, 2.75) is 30.6 Å². The van der Waals surface area contributed by atoms with E-state index < -0.39 is 36.6 Å². The van der Waals surface area contributed by atoms with Gasteiger partial charge in [-0.15, -0.1) is 0 Å². The molecule has 0 radical (unpaired) electrons. The van der Waals surface area contributed by atoms with Crippen molar-refractivity contribution in [2.24, 2.45) is 0 Å². The average Bonchev–Trinajstić information content (AvgIpc) is 3.21. The molecule has 3 N–H and O–H groups in total. The van der Waals surface area contributed by atoms with Crippen LogP contribution >= 0.6 is 11.6 Å². The molecular weight excluding hydrogens is 350 g/mol. The van der Waals surface area contributed by atoms with E-state index in [1.54, 1.807) is 24.5 Å². The molecular formula is C15H16ClN5O4. The minimum absolute atomic E-state index is 0.269. The van der Waals surface area contributed by atoms with Gasteiger partial charge in [-0.1, -0.05) is 11.6 Å². The largest absolute Gasteiger partial charge is 0.388 e. The van der Waals surface area contributed by atoms with E-state index in [1.165, 1.54) is 17.1 Å². The molecule has 2 aromatic rings. The molecule has 4 heterocycles. The van der Waals surface area contributed by atoms with Crippen LogP contribution in [0.1, 0.15) is 6.04 Å². The van der Waals surface area contributed by atoms with Gasteiger partial charge in [0.15, 0.2) is 6.29 Å². The van der Waals surface area contributed by atoms with E-state index in [0.29, 0.717) is 10.7 Å². The Labute approximate surface area is 147 Å². The number of nitrogens with one attached hydrogen (secondary N) is 2. The summed E-state index contributed by atoms with van der Waals surface area (Å²) >= 11 is 5.91. The Kier molecular flexibility index (Phi) is 4.30. The summed E-state index contributed by atoms with van der Waals surface area (Å²) in [7, 11) is 0. The molecule has 0 aliphatic carbocycles. The quantitative estimate of drug-likeness (QED) is 0.741. The number of amides is 2. The van der Waals surface area contributed by atoms with Crippen molar-refractivity contribution >= 4 is 23.3 Å². The molecule has 2 aromatic heterocycles. The Balaban J connectivity index is 1.49. The number of aliphatic hydroxyl groups excluding tert-OH is 1. The lowest BCUT2D eigenvalue weighted by Crippen LogP contribution is -2.59. The Morgan fingerprint density at radius 3 is 3.04 bits per heavy atom. The number of aliphatic hydroxyl groups is 1. The number of urea groups is 1. The highest BCUT2D eigenvalue weighted by atomic mass is 35.5. The number of fused-ring (bicyclic) bond motifs is 2. The molecule has 2 bridgehead atoms. The second-order valence-electron chi connectivity index (χ2n) is 5.86. The lowest BCUT2D eigenvalue weighted by Gasteiger charge is -2.38. The number of rotatable bonds is 3. The van der Waals surface area contributed by atoms with Gasteiger partial charge in [-0.05, 0) is 12.1 Å². The van der Waals surface area contributed by atoms with Crippen LogP contribution in [0.15, 0.2) is 36.9 Å². The molecule has 2 amide bonds. The zero-order chi connectivity index (χ0) is 17.4. The number of anilines is 1. The van der Waals surface area contributed by atoms with Crippen molar-refractivity contribution in [1.82, 2.24) is 20.1 Å². The topological polar surface area (TPSA) is 111 Å². The molecule has 0 saturated carbocycles. The first-order valence-corrected chi connectivity index (χ1v) is 8.12. The molecule has 9 nitrogen and oxygen atoms in total. The van der Waals surface area contributed by atoms with E-state index in [0.717, 1.165) is 0 Å². The fourth-order valence-corrected chi connectivity index (χ4v) is 3.24. The molecule has 25 heavy (non-hydrogen) atoms. The Bertz CT molecular complexity index is 757. The van der Waals surface area contributed by atoms with Crippen molar-refractivity contribution in [1.29, 1.82) is 0 Å². The molecule has 132 valence electrons. The summed E-state index contributed by atoms with van der Waals surface area (Å²) in [5, 5.41) is 20.7. The third kappa shape index (κ3) is 3.19. The summed E-state index contributed by atoms with van der Waals surface area (Å²) in [5.41, 5.74) is 0.544. The van der Waals surface area contributed by atoms with E-state index in [1.807, 2.05) is 0 Å². The predicted octanol–water partition coefficient (Wildman–Crippen LogP) is 0.779. The Morgan fingerprint density at radius 1 is 1.44 bits per heavy atom. The fraction of sp³-hybridized carbons (Fsp3) is 0.400. The van der Waals surface area contributed by atoms with Crippen molar-refractivity contribution in [3.05, 3.63) is 41.9 Å². The van der Waals surface area contributed by atoms with Crippen LogP contribution in [0.4, 0.5) is 10.5 Å². The maximum Gasteiger partial charge on any atom is 0.319 e. The number of carbonyl (C=O) groups excluding carboxylic acids is 1. The first kappa shape index (κ1) is 16.3. The molecule has 2 aliphatic heterocycles. The summed E-state index contributed by atoms with van der Waals surface area (Å²) in [6.07, 6.45) is 4.13. The molecule has 4 rings (SSSR count). The smallest absolute Gasteiger partial charge is 0.319 e. The molecule has 5 atom stereocenters. The summed E-state index contributed by atoms with van der Waals surface area (Å²) in [6.45, 7) is 0.269. The molecule has 10 heteroatoms. The molecule has 0 spiro atoms. The molecule has 2 fully saturated rings. The van der Waals surface area contributed by atoms with Crippen molar-refractivity contribution in [3.8, 4) is 0 Å². The minimum Gasteiger partial charge on any atom is -0.388 e. The minimum atomic E-state index is -0.957. The number of hydrogen-bond acceptors (Lipinski definition) is 6. The third-order valence-corrected chi connectivity index (χ3v) is 4.42. The van der Waals surface area contributed by atoms with Crippen molar-refractivity contribution < 1.29 is 19.4 Å². The predicted molar refractivity (Wildman–Crippen MR) is 87.1 cm³/mol. The number of halogens is 1. The zero-order valence-electron chi connectivity index (χ0n) is 12.9. The maximum absolute atomic E-state index is 12.2. The number of hydrogen-bond donors (Lipinski definition) is 3. The summed E-state index contributed by atoms with van der Waals surface area (Å²) in [4.78, 5) is 16.2. The van der Waals surface area contributed by atoms with Gasteiger partial charge in [0.2, 0.25) is 0 Å². The van der Waals surface area contributed by atoms with Gasteiger partial charge in [-0.25, -0.2) is 4.79 Å². The highest BCUT2D eigenvalue weighted by Gasteiger charge is 2.51. The first-order chi connectivity index (χ1) is 12.1. The van der Waals surface area contributed by atoms with E-state index in [9.17, 15) is 9.90 Å². The van der Waals surface area contributed by atoms with Crippen molar-refractivity contribution in [3.63, 3.8) is 0 Å². The van der Waals surface area contributed by atoms with Crippen LogP contribution in [0, 0.1) is 0 Å². The summed E-state index contributed by atoms with van der Waals surface area (Å²) in [6, 6.07) is 1.67. The van der Waals surface area contributed by atoms with E-state index in [4.69, 9.17) is 21.1 Å². The standard InChI is InChI=1S/C15H16ClN5O4/c16-8-4-18-21(6-8)12-13(22)11(10-7-24-14(12)25-10)20-15(23)19-9-2-1-3-17-5-9/h1-6,10-14,22H,7H2,(H2,19,20,23). The Hall–Kier alpha value is -2.20. The number of ether oxygens (including phenoxy) is 2. The third-order valence-electron chi connectivity index (χ3n) is 4.22. The van der Waals surface area contributed by atoms with Gasteiger partial charge >= 0.3 is 6.03 Å². The van der Waals surface area contributed by atoms with Gasteiger partial charge in [0.25, 0.3) is 0 Å².